The number of pyridine rings is 2. The number of hydrogen-bond acceptors (Lipinski definition) is 5. The highest BCUT2D eigenvalue weighted by Gasteiger charge is 2.10. The number of benzene rings is 1. The minimum absolute atomic E-state index is 0.0165. The van der Waals surface area contributed by atoms with Crippen LogP contribution in [0.3, 0.4) is 0 Å². The van der Waals surface area contributed by atoms with Crippen LogP contribution in [-0.2, 0) is 0 Å². The van der Waals surface area contributed by atoms with Crippen molar-refractivity contribution in [1.82, 2.24) is 15.3 Å². The van der Waals surface area contributed by atoms with E-state index in [1.165, 1.54) is 6.92 Å². The first-order chi connectivity index (χ1) is 14.0. The van der Waals surface area contributed by atoms with E-state index in [9.17, 15) is 4.39 Å². The van der Waals surface area contributed by atoms with E-state index in [1.54, 1.807) is 24.5 Å². The summed E-state index contributed by atoms with van der Waals surface area (Å²) in [7, 11) is 0. The third-order valence-electron chi connectivity index (χ3n) is 4.12. The van der Waals surface area contributed by atoms with Crippen molar-refractivity contribution < 1.29 is 13.9 Å². The van der Waals surface area contributed by atoms with Gasteiger partial charge in [0.25, 0.3) is 0 Å². The SMILES string of the molecule is C=C(NC(C)c1ccc(OC[C@@H](C)F)cn1)c1ccc(Oc2ccccc2)nc1. The topological polar surface area (TPSA) is 56.3 Å². The molecule has 3 rings (SSSR count). The molecule has 0 aliphatic rings. The first-order valence-electron chi connectivity index (χ1n) is 9.39. The number of rotatable bonds is 9. The summed E-state index contributed by atoms with van der Waals surface area (Å²) in [4.78, 5) is 8.71. The zero-order chi connectivity index (χ0) is 20.6. The number of ether oxygens (including phenoxy) is 2. The fraction of sp³-hybridized carbons (Fsp3) is 0.217. The van der Waals surface area contributed by atoms with Gasteiger partial charge < -0.3 is 14.8 Å². The van der Waals surface area contributed by atoms with Crippen molar-refractivity contribution >= 4 is 5.70 Å². The summed E-state index contributed by atoms with van der Waals surface area (Å²) in [6.07, 6.45) is 2.29. The number of nitrogens with one attached hydrogen (secondary N) is 1. The minimum atomic E-state index is -1.02. The monoisotopic (exact) mass is 393 g/mol. The van der Waals surface area contributed by atoms with Crippen molar-refractivity contribution in [2.24, 2.45) is 0 Å². The van der Waals surface area contributed by atoms with Gasteiger partial charge in [-0.3, -0.25) is 4.98 Å². The molecular weight excluding hydrogens is 369 g/mol. The highest BCUT2D eigenvalue weighted by molar-refractivity contribution is 5.61. The van der Waals surface area contributed by atoms with Crippen molar-refractivity contribution in [2.75, 3.05) is 6.61 Å². The van der Waals surface area contributed by atoms with Crippen LogP contribution in [0.2, 0.25) is 0 Å². The van der Waals surface area contributed by atoms with Gasteiger partial charge in [0.15, 0.2) is 0 Å². The standard InChI is InChI=1S/C23H24FN3O2/c1-16(24)15-28-21-10-11-22(25-14-21)18(3)27-17(2)19-9-12-23(26-13-19)29-20-7-5-4-6-8-20/h4-14,16,18,27H,2,15H2,1,3H3/t16-,18?/m1/s1. The molecular formula is C23H24FN3O2. The van der Waals surface area contributed by atoms with E-state index in [1.807, 2.05) is 49.4 Å². The molecule has 1 aromatic carbocycles. The number of para-hydroxylation sites is 1. The van der Waals surface area contributed by atoms with Crippen molar-refractivity contribution in [1.29, 1.82) is 0 Å². The molecule has 0 fully saturated rings. The van der Waals surface area contributed by atoms with Crippen molar-refractivity contribution in [3.63, 3.8) is 0 Å². The van der Waals surface area contributed by atoms with E-state index in [0.717, 1.165) is 22.7 Å². The van der Waals surface area contributed by atoms with Crippen molar-refractivity contribution in [3.8, 4) is 17.4 Å². The van der Waals surface area contributed by atoms with Crippen LogP contribution < -0.4 is 14.8 Å². The molecule has 5 nitrogen and oxygen atoms in total. The number of halogens is 1. The Morgan fingerprint density at radius 2 is 1.79 bits per heavy atom. The molecule has 0 amide bonds. The molecule has 1 N–H and O–H groups in total. The van der Waals surface area contributed by atoms with Crippen LogP contribution in [-0.4, -0.2) is 22.7 Å². The highest BCUT2D eigenvalue weighted by Crippen LogP contribution is 2.22. The molecule has 2 heterocycles. The Kier molecular flexibility index (Phi) is 6.79. The first-order valence-corrected chi connectivity index (χ1v) is 9.39. The maximum Gasteiger partial charge on any atom is 0.219 e. The summed E-state index contributed by atoms with van der Waals surface area (Å²) in [5.74, 6) is 1.79. The van der Waals surface area contributed by atoms with Gasteiger partial charge in [0, 0.05) is 23.5 Å². The van der Waals surface area contributed by atoms with Crippen LogP contribution in [0.4, 0.5) is 4.39 Å². The van der Waals surface area contributed by atoms with Crippen molar-refractivity contribution in [2.45, 2.75) is 26.1 Å². The molecule has 3 aromatic rings. The number of nitrogens with zero attached hydrogens (tertiary/aromatic N) is 2. The summed E-state index contributed by atoms with van der Waals surface area (Å²) in [6, 6.07) is 16.7. The predicted octanol–water partition coefficient (Wildman–Crippen LogP) is 5.33. The number of hydrogen-bond donors (Lipinski definition) is 1. The Morgan fingerprint density at radius 1 is 1.00 bits per heavy atom. The van der Waals surface area contributed by atoms with Crippen LogP contribution in [0.1, 0.15) is 31.1 Å². The molecule has 2 aromatic heterocycles. The third-order valence-corrected chi connectivity index (χ3v) is 4.12. The molecule has 2 atom stereocenters. The maximum absolute atomic E-state index is 12.9. The lowest BCUT2D eigenvalue weighted by atomic mass is 10.1. The first kappa shape index (κ1) is 20.3. The summed E-state index contributed by atoms with van der Waals surface area (Å²) in [5.41, 5.74) is 2.41. The van der Waals surface area contributed by atoms with Gasteiger partial charge >= 0.3 is 0 Å². The molecule has 1 unspecified atom stereocenters. The van der Waals surface area contributed by atoms with E-state index in [-0.39, 0.29) is 12.6 Å². The smallest absolute Gasteiger partial charge is 0.219 e. The lowest BCUT2D eigenvalue weighted by Gasteiger charge is -2.17. The molecule has 0 aliphatic carbocycles. The summed E-state index contributed by atoms with van der Waals surface area (Å²) >= 11 is 0. The lowest BCUT2D eigenvalue weighted by molar-refractivity contribution is 0.209. The normalized spacial score (nSPS) is 12.7. The summed E-state index contributed by atoms with van der Waals surface area (Å²) < 4.78 is 23.9. The minimum Gasteiger partial charge on any atom is -0.489 e. The lowest BCUT2D eigenvalue weighted by Crippen LogP contribution is -2.17. The predicted molar refractivity (Wildman–Crippen MR) is 112 cm³/mol. The van der Waals surface area contributed by atoms with Gasteiger partial charge in [-0.25, -0.2) is 9.37 Å². The average Bonchev–Trinajstić information content (AvgIpc) is 2.74. The van der Waals surface area contributed by atoms with E-state index in [2.05, 4.69) is 21.9 Å². The van der Waals surface area contributed by atoms with Gasteiger partial charge in [0.2, 0.25) is 5.88 Å². The van der Waals surface area contributed by atoms with Crippen LogP contribution in [0.5, 0.6) is 17.4 Å². The van der Waals surface area contributed by atoms with E-state index in [4.69, 9.17) is 9.47 Å². The molecule has 150 valence electrons. The molecule has 0 saturated heterocycles. The Bertz CT molecular complexity index is 913. The second-order valence-corrected chi connectivity index (χ2v) is 6.66. The summed E-state index contributed by atoms with van der Waals surface area (Å²) in [6.45, 7) is 7.54. The van der Waals surface area contributed by atoms with Crippen LogP contribution >= 0.6 is 0 Å². The quantitative estimate of drug-likeness (QED) is 0.533. The van der Waals surface area contributed by atoms with Crippen LogP contribution in [0.15, 0.2) is 73.6 Å². The second-order valence-electron chi connectivity index (χ2n) is 6.66. The Morgan fingerprint density at radius 3 is 2.41 bits per heavy atom. The molecule has 6 heteroatoms. The van der Waals surface area contributed by atoms with Gasteiger partial charge in [-0.15, -0.1) is 0 Å². The van der Waals surface area contributed by atoms with Gasteiger partial charge in [-0.05, 0) is 44.2 Å². The second kappa shape index (κ2) is 9.68. The van der Waals surface area contributed by atoms with Gasteiger partial charge in [-0.2, -0.15) is 0 Å². The van der Waals surface area contributed by atoms with Crippen LogP contribution in [0.25, 0.3) is 5.70 Å². The van der Waals surface area contributed by atoms with E-state index >= 15 is 0 Å². The maximum atomic E-state index is 12.9. The zero-order valence-corrected chi connectivity index (χ0v) is 16.5. The molecule has 0 radical (unpaired) electrons. The van der Waals surface area contributed by atoms with Gasteiger partial charge in [0.05, 0.1) is 17.9 Å². The van der Waals surface area contributed by atoms with Crippen LogP contribution in [0, 0.1) is 0 Å². The number of aromatic nitrogens is 2. The van der Waals surface area contributed by atoms with E-state index in [0.29, 0.717) is 11.6 Å². The van der Waals surface area contributed by atoms with Crippen molar-refractivity contribution in [3.05, 3.63) is 84.8 Å². The fourth-order valence-electron chi connectivity index (χ4n) is 2.59. The van der Waals surface area contributed by atoms with Gasteiger partial charge in [-0.1, -0.05) is 24.8 Å². The highest BCUT2D eigenvalue weighted by atomic mass is 19.1. The molecule has 0 bridgehead atoms. The van der Waals surface area contributed by atoms with E-state index < -0.39 is 6.17 Å². The summed E-state index contributed by atoms with van der Waals surface area (Å²) in [5, 5.41) is 3.31. The van der Waals surface area contributed by atoms with Gasteiger partial charge in [0.1, 0.15) is 24.3 Å². The molecule has 0 saturated carbocycles. The largest absolute Gasteiger partial charge is 0.489 e. The Labute approximate surface area is 170 Å². The molecule has 0 aliphatic heterocycles. The Balaban J connectivity index is 1.56. The fourth-order valence-corrected chi connectivity index (χ4v) is 2.59. The number of alkyl halides is 1. The average molecular weight is 393 g/mol. The third kappa shape index (κ3) is 6.04. The molecule has 29 heavy (non-hydrogen) atoms. The molecule has 0 spiro atoms. The Hall–Kier alpha value is -3.41. The zero-order valence-electron chi connectivity index (χ0n) is 16.5.